The Bertz CT molecular complexity index is 389. The summed E-state index contributed by atoms with van der Waals surface area (Å²) >= 11 is 0. The molecule has 0 aliphatic carbocycles. The third kappa shape index (κ3) is 2.22. The summed E-state index contributed by atoms with van der Waals surface area (Å²) in [5, 5.41) is 0. The van der Waals surface area contributed by atoms with Gasteiger partial charge in [-0.2, -0.15) is 0 Å². The lowest BCUT2D eigenvalue weighted by Crippen LogP contribution is -1.83. The molecule has 0 atom stereocenters. The fourth-order valence-electron chi connectivity index (χ4n) is 1.73. The number of hydrogen-bond donors (Lipinski definition) is 0. The van der Waals surface area contributed by atoms with Gasteiger partial charge in [0.15, 0.2) is 0 Å². The fourth-order valence-corrected chi connectivity index (χ4v) is 1.73. The zero-order valence-electron chi connectivity index (χ0n) is 9.45. The predicted molar refractivity (Wildman–Crippen MR) is 70.0 cm³/mol. The Hall–Kier alpha value is -1.82. The normalized spacial score (nSPS) is 10.2. The molecule has 0 heterocycles. The van der Waals surface area contributed by atoms with Gasteiger partial charge in [0.1, 0.15) is 12.8 Å². The van der Waals surface area contributed by atoms with Crippen LogP contribution in [0.5, 0.6) is 0 Å². The lowest BCUT2D eigenvalue weighted by Gasteiger charge is -2.02. The molecule has 0 N–H and O–H groups in total. The van der Waals surface area contributed by atoms with E-state index in [1.165, 1.54) is 22.3 Å². The maximum absolute atomic E-state index is 3.87. The highest BCUT2D eigenvalue weighted by atomic mass is 14.0. The van der Waals surface area contributed by atoms with Crippen molar-refractivity contribution < 1.29 is 0 Å². The van der Waals surface area contributed by atoms with Crippen LogP contribution in [0.15, 0.2) is 48.5 Å². The van der Waals surface area contributed by atoms with E-state index in [1.807, 2.05) is 0 Å². The standard InChI is InChI=1S/C16H16/c1-3-13-5-9-15(10-6-13)16-11-7-14(4-2)8-12-16/h5-12H,1-4H2/q+2. The van der Waals surface area contributed by atoms with Gasteiger partial charge in [0.25, 0.3) is 0 Å². The molecule has 0 aliphatic heterocycles. The lowest BCUT2D eigenvalue weighted by atomic mass is 10.0. The van der Waals surface area contributed by atoms with Crippen molar-refractivity contribution in [2.75, 3.05) is 0 Å². The Morgan fingerprint density at radius 2 is 0.875 bits per heavy atom. The molecule has 0 bridgehead atoms. The van der Waals surface area contributed by atoms with Crippen molar-refractivity contribution in [2.45, 2.75) is 12.8 Å². The minimum absolute atomic E-state index is 0.848. The van der Waals surface area contributed by atoms with Crippen LogP contribution in [0.25, 0.3) is 11.1 Å². The SMILES string of the molecule is [CH2+]Cc1ccc(-c2ccc(C[CH2+])cc2)cc1. The molecule has 2 aromatic carbocycles. The fraction of sp³-hybridized carbons (Fsp3) is 0.125. The second kappa shape index (κ2) is 4.80. The van der Waals surface area contributed by atoms with Gasteiger partial charge in [-0.3, -0.25) is 0 Å². The molecule has 0 fully saturated rings. The van der Waals surface area contributed by atoms with E-state index in [2.05, 4.69) is 62.4 Å². The molecule has 16 heavy (non-hydrogen) atoms. The van der Waals surface area contributed by atoms with Crippen LogP contribution in [0, 0.1) is 13.8 Å². The average Bonchev–Trinajstić information content (AvgIpc) is 2.39. The topological polar surface area (TPSA) is 0 Å². The summed E-state index contributed by atoms with van der Waals surface area (Å²) in [5.41, 5.74) is 5.07. The van der Waals surface area contributed by atoms with Gasteiger partial charge in [-0.1, -0.05) is 48.5 Å². The van der Waals surface area contributed by atoms with Gasteiger partial charge >= 0.3 is 0 Å². The predicted octanol–water partition coefficient (Wildman–Crippen LogP) is 4.11. The average molecular weight is 208 g/mol. The summed E-state index contributed by atoms with van der Waals surface area (Å²) < 4.78 is 0. The van der Waals surface area contributed by atoms with E-state index in [1.54, 1.807) is 0 Å². The molecule has 0 saturated carbocycles. The van der Waals surface area contributed by atoms with E-state index in [-0.39, 0.29) is 0 Å². The minimum atomic E-state index is 0.848. The minimum Gasteiger partial charge on any atom is -0.0542 e. The summed E-state index contributed by atoms with van der Waals surface area (Å²) in [4.78, 5) is 0. The monoisotopic (exact) mass is 208 g/mol. The second-order valence-corrected chi connectivity index (χ2v) is 3.89. The number of benzene rings is 2. The summed E-state index contributed by atoms with van der Waals surface area (Å²) in [5.74, 6) is 0. The summed E-state index contributed by atoms with van der Waals surface area (Å²) in [7, 11) is 0. The first-order valence-corrected chi connectivity index (χ1v) is 5.60. The van der Waals surface area contributed by atoms with Crippen LogP contribution in [0.4, 0.5) is 0 Å². The molecule has 2 rings (SSSR count). The molecule has 0 amide bonds. The molecule has 0 saturated heterocycles. The first-order chi connectivity index (χ1) is 7.83. The quantitative estimate of drug-likeness (QED) is 0.666. The van der Waals surface area contributed by atoms with Crippen LogP contribution in [-0.4, -0.2) is 0 Å². The molecule has 0 spiro atoms. The Morgan fingerprint density at radius 1 is 0.562 bits per heavy atom. The molecule has 0 aromatic heterocycles. The summed E-state index contributed by atoms with van der Waals surface area (Å²) in [6, 6.07) is 17.2. The zero-order valence-corrected chi connectivity index (χ0v) is 9.45. The van der Waals surface area contributed by atoms with E-state index in [9.17, 15) is 0 Å². The van der Waals surface area contributed by atoms with Gasteiger partial charge in [-0.15, -0.1) is 0 Å². The van der Waals surface area contributed by atoms with Gasteiger partial charge < -0.3 is 0 Å². The van der Waals surface area contributed by atoms with Gasteiger partial charge in [0, 0.05) is 0 Å². The van der Waals surface area contributed by atoms with E-state index >= 15 is 0 Å². The molecule has 0 aliphatic rings. The Labute approximate surface area is 97.9 Å². The molecule has 0 nitrogen and oxygen atoms in total. The van der Waals surface area contributed by atoms with E-state index < -0.39 is 0 Å². The van der Waals surface area contributed by atoms with E-state index in [0.29, 0.717) is 0 Å². The molecule has 0 heteroatoms. The summed E-state index contributed by atoms with van der Waals surface area (Å²) in [6.45, 7) is 7.75. The van der Waals surface area contributed by atoms with Crippen LogP contribution in [-0.2, 0) is 12.8 Å². The van der Waals surface area contributed by atoms with Gasteiger partial charge in [0.2, 0.25) is 0 Å². The molecule has 0 radical (unpaired) electrons. The smallest absolute Gasteiger partial charge is 0.0542 e. The molecular weight excluding hydrogens is 192 g/mol. The van der Waals surface area contributed by atoms with E-state index in [4.69, 9.17) is 0 Å². The van der Waals surface area contributed by atoms with Gasteiger partial charge in [0.05, 0.1) is 13.8 Å². The number of hydrogen-bond acceptors (Lipinski definition) is 0. The second-order valence-electron chi connectivity index (χ2n) is 3.89. The maximum atomic E-state index is 3.87. The van der Waals surface area contributed by atoms with Crippen molar-refractivity contribution in [1.29, 1.82) is 0 Å². The van der Waals surface area contributed by atoms with Gasteiger partial charge in [-0.05, 0) is 22.3 Å². The van der Waals surface area contributed by atoms with Crippen LogP contribution in [0.2, 0.25) is 0 Å². The zero-order chi connectivity index (χ0) is 11.4. The van der Waals surface area contributed by atoms with Crippen molar-refractivity contribution in [3.05, 3.63) is 73.5 Å². The molecule has 0 unspecified atom stereocenters. The first kappa shape index (κ1) is 10.7. The number of rotatable bonds is 3. The van der Waals surface area contributed by atoms with Crippen LogP contribution < -0.4 is 0 Å². The first-order valence-electron chi connectivity index (χ1n) is 5.60. The molecule has 78 valence electrons. The maximum Gasteiger partial charge on any atom is 0.110 e. The Morgan fingerprint density at radius 3 is 1.12 bits per heavy atom. The Kier molecular flexibility index (Phi) is 3.21. The van der Waals surface area contributed by atoms with Crippen LogP contribution in [0.3, 0.4) is 0 Å². The van der Waals surface area contributed by atoms with Crippen LogP contribution >= 0.6 is 0 Å². The highest BCUT2D eigenvalue weighted by molar-refractivity contribution is 5.63. The summed E-state index contributed by atoms with van der Waals surface area (Å²) in [6.07, 6.45) is 1.70. The van der Waals surface area contributed by atoms with Crippen molar-refractivity contribution in [1.82, 2.24) is 0 Å². The Balaban J connectivity index is 2.28. The highest BCUT2D eigenvalue weighted by Gasteiger charge is 1.99. The van der Waals surface area contributed by atoms with Gasteiger partial charge in [-0.25, -0.2) is 0 Å². The van der Waals surface area contributed by atoms with E-state index in [0.717, 1.165) is 12.8 Å². The van der Waals surface area contributed by atoms with Crippen molar-refractivity contribution in [3.8, 4) is 11.1 Å². The molecule has 2 aromatic rings. The molecular formula is C16H16+2. The third-order valence-corrected chi connectivity index (χ3v) is 2.82. The lowest BCUT2D eigenvalue weighted by molar-refractivity contribution is 1.26. The highest BCUT2D eigenvalue weighted by Crippen LogP contribution is 2.20. The van der Waals surface area contributed by atoms with Crippen molar-refractivity contribution in [3.63, 3.8) is 0 Å². The third-order valence-electron chi connectivity index (χ3n) is 2.82. The largest absolute Gasteiger partial charge is 0.110 e. The van der Waals surface area contributed by atoms with Crippen LogP contribution in [0.1, 0.15) is 11.1 Å². The van der Waals surface area contributed by atoms with Crippen molar-refractivity contribution in [2.24, 2.45) is 0 Å². The van der Waals surface area contributed by atoms with Crippen molar-refractivity contribution >= 4 is 0 Å².